The van der Waals surface area contributed by atoms with Crippen LogP contribution in [0, 0.1) is 0 Å². The van der Waals surface area contributed by atoms with Gasteiger partial charge >= 0.3 is 6.01 Å². The number of hydrogen-bond acceptors (Lipinski definition) is 6. The molecule has 1 aromatic heterocycles. The highest BCUT2D eigenvalue weighted by Crippen LogP contribution is 2.39. The zero-order chi connectivity index (χ0) is 38.1. The van der Waals surface area contributed by atoms with E-state index in [9.17, 15) is 5.11 Å². The maximum atomic E-state index is 11.3. The van der Waals surface area contributed by atoms with E-state index in [0.29, 0.717) is 36.2 Å². The minimum absolute atomic E-state index is 0.0775. The van der Waals surface area contributed by atoms with Crippen molar-refractivity contribution in [1.82, 2.24) is 15.0 Å². The van der Waals surface area contributed by atoms with Crippen LogP contribution >= 0.6 is 0 Å². The summed E-state index contributed by atoms with van der Waals surface area (Å²) >= 11 is 0. The molecule has 6 heteroatoms. The fourth-order valence-corrected chi connectivity index (χ4v) is 7.92. The van der Waals surface area contributed by atoms with E-state index in [1.54, 1.807) is 6.07 Å². The van der Waals surface area contributed by atoms with Gasteiger partial charge in [-0.3, -0.25) is 0 Å². The molecule has 0 amide bonds. The van der Waals surface area contributed by atoms with Crippen LogP contribution in [0.5, 0.6) is 17.5 Å². The van der Waals surface area contributed by atoms with Gasteiger partial charge in [0.2, 0.25) is 0 Å². The molecule has 1 heterocycles. The van der Waals surface area contributed by atoms with Gasteiger partial charge in [0, 0.05) is 11.6 Å². The van der Waals surface area contributed by atoms with Crippen molar-refractivity contribution in [2.75, 3.05) is 13.2 Å². The molecule has 6 aromatic rings. The third-order valence-electron chi connectivity index (χ3n) is 11.1. The minimum atomic E-state index is 0.0775. The molecule has 0 saturated heterocycles. The Kier molecular flexibility index (Phi) is 15.8. The fraction of sp³-hybridized carbons (Fsp3) is 0.490. The number of nitrogens with zero attached hydrogens (tertiary/aromatic N) is 3. The SMILES string of the molecule is CCCCCCCCCCCCOc1ccc(-c2nc(OCCCCCCCCCCCC)nc(-c3ccc4ccc5cccc6ccc3c4c56)n2)c(O)c1. The first kappa shape index (κ1) is 40.2. The third-order valence-corrected chi connectivity index (χ3v) is 11.1. The molecular weight excluding hydrogens is 679 g/mol. The molecule has 55 heavy (non-hydrogen) atoms. The monoisotopic (exact) mass is 741 g/mol. The van der Waals surface area contributed by atoms with Crippen LogP contribution in [0.2, 0.25) is 0 Å². The molecule has 292 valence electrons. The largest absolute Gasteiger partial charge is 0.507 e. The van der Waals surface area contributed by atoms with Gasteiger partial charge in [0.1, 0.15) is 11.5 Å². The normalized spacial score (nSPS) is 11.7. The summed E-state index contributed by atoms with van der Waals surface area (Å²) in [6, 6.07) is 25.1. The van der Waals surface area contributed by atoms with Gasteiger partial charge in [-0.1, -0.05) is 178 Å². The van der Waals surface area contributed by atoms with Crippen molar-refractivity contribution in [3.63, 3.8) is 0 Å². The van der Waals surface area contributed by atoms with Crippen molar-refractivity contribution >= 4 is 32.3 Å². The van der Waals surface area contributed by atoms with E-state index in [1.165, 1.54) is 130 Å². The average molecular weight is 742 g/mol. The van der Waals surface area contributed by atoms with Gasteiger partial charge in [-0.05, 0) is 63.4 Å². The van der Waals surface area contributed by atoms with Crippen LogP contribution in [0.25, 0.3) is 55.1 Å². The summed E-state index contributed by atoms with van der Waals surface area (Å²) in [6.45, 7) is 5.71. The Bertz CT molecular complexity index is 2030. The predicted octanol–water partition coefficient (Wildman–Crippen LogP) is 14.4. The lowest BCUT2D eigenvalue weighted by Crippen LogP contribution is -2.05. The molecule has 6 nitrogen and oxygen atoms in total. The standard InChI is InChI=1S/C49H63N3O3/c1-3-5-7-9-11-13-15-17-19-21-34-54-40-30-33-43(44(53)36-40)48-50-47(51-49(52-48)55-35-22-20-18-16-14-12-10-8-6-4-2)42-32-29-39-27-26-37-24-23-25-38-28-31-41(42)46(39)45(37)38/h23-33,36,53H,3-22,34-35H2,1-2H3. The summed E-state index contributed by atoms with van der Waals surface area (Å²) in [5.74, 6) is 1.64. The Hall–Kier alpha value is -4.45. The Morgan fingerprint density at radius 1 is 0.455 bits per heavy atom. The number of benzene rings is 5. The van der Waals surface area contributed by atoms with Gasteiger partial charge in [-0.25, -0.2) is 4.98 Å². The molecule has 0 atom stereocenters. The molecule has 0 spiro atoms. The van der Waals surface area contributed by atoms with Gasteiger partial charge < -0.3 is 14.6 Å². The molecule has 5 aromatic carbocycles. The highest BCUT2D eigenvalue weighted by Gasteiger charge is 2.18. The summed E-state index contributed by atoms with van der Waals surface area (Å²) in [5, 5.41) is 18.4. The van der Waals surface area contributed by atoms with Crippen LogP contribution in [0.15, 0.2) is 72.8 Å². The number of hydrogen-bond donors (Lipinski definition) is 1. The fourth-order valence-electron chi connectivity index (χ4n) is 7.92. The molecular formula is C49H63N3O3. The van der Waals surface area contributed by atoms with Crippen LogP contribution in [-0.2, 0) is 0 Å². The van der Waals surface area contributed by atoms with E-state index >= 15 is 0 Å². The van der Waals surface area contributed by atoms with Crippen molar-refractivity contribution in [2.45, 2.75) is 142 Å². The van der Waals surface area contributed by atoms with Gasteiger partial charge in [0.05, 0.1) is 18.8 Å². The van der Waals surface area contributed by atoms with Crippen molar-refractivity contribution in [1.29, 1.82) is 0 Å². The lowest BCUT2D eigenvalue weighted by atomic mass is 9.92. The molecule has 0 radical (unpaired) electrons. The summed E-state index contributed by atoms with van der Waals surface area (Å²) in [4.78, 5) is 14.6. The van der Waals surface area contributed by atoms with E-state index in [0.717, 1.165) is 36.6 Å². The number of rotatable bonds is 26. The van der Waals surface area contributed by atoms with E-state index < -0.39 is 0 Å². The number of ether oxygens (including phenoxy) is 2. The van der Waals surface area contributed by atoms with Crippen LogP contribution in [0.1, 0.15) is 142 Å². The summed E-state index contributed by atoms with van der Waals surface area (Å²) in [7, 11) is 0. The van der Waals surface area contributed by atoms with Gasteiger partial charge in [-0.15, -0.1) is 0 Å². The number of phenols is 1. The van der Waals surface area contributed by atoms with Crippen molar-refractivity contribution in [2.24, 2.45) is 0 Å². The zero-order valence-corrected chi connectivity index (χ0v) is 33.6. The van der Waals surface area contributed by atoms with Crippen molar-refractivity contribution in [3.05, 3.63) is 72.8 Å². The summed E-state index contributed by atoms with van der Waals surface area (Å²) < 4.78 is 12.3. The maximum Gasteiger partial charge on any atom is 0.320 e. The summed E-state index contributed by atoms with van der Waals surface area (Å²) in [6.07, 6.45) is 25.4. The summed E-state index contributed by atoms with van der Waals surface area (Å²) in [5.41, 5.74) is 1.44. The molecule has 6 rings (SSSR count). The van der Waals surface area contributed by atoms with Gasteiger partial charge in [0.15, 0.2) is 11.6 Å². The third kappa shape index (κ3) is 11.3. The molecule has 0 aliphatic heterocycles. The van der Waals surface area contributed by atoms with Crippen LogP contribution in [0.4, 0.5) is 0 Å². The zero-order valence-electron chi connectivity index (χ0n) is 33.6. The van der Waals surface area contributed by atoms with Gasteiger partial charge in [-0.2, -0.15) is 9.97 Å². The molecule has 0 fully saturated rings. The number of unbranched alkanes of at least 4 members (excludes halogenated alkanes) is 18. The minimum Gasteiger partial charge on any atom is -0.507 e. The van der Waals surface area contributed by atoms with Crippen molar-refractivity contribution < 1.29 is 14.6 Å². The number of aromatic nitrogens is 3. The predicted molar refractivity (Wildman–Crippen MR) is 231 cm³/mol. The first-order chi connectivity index (χ1) is 27.2. The Labute approximate surface area is 329 Å². The maximum absolute atomic E-state index is 11.3. The topological polar surface area (TPSA) is 77.4 Å². The molecule has 1 N–H and O–H groups in total. The smallest absolute Gasteiger partial charge is 0.320 e. The van der Waals surface area contributed by atoms with Crippen LogP contribution in [-0.4, -0.2) is 33.3 Å². The molecule has 0 saturated carbocycles. The second kappa shape index (κ2) is 21.6. The molecule has 0 unspecified atom stereocenters. The highest BCUT2D eigenvalue weighted by atomic mass is 16.5. The lowest BCUT2D eigenvalue weighted by Gasteiger charge is -2.15. The van der Waals surface area contributed by atoms with Crippen LogP contribution in [0.3, 0.4) is 0 Å². The Morgan fingerprint density at radius 3 is 1.51 bits per heavy atom. The molecule has 0 aliphatic carbocycles. The molecule has 0 bridgehead atoms. The van der Waals surface area contributed by atoms with Crippen LogP contribution < -0.4 is 9.47 Å². The van der Waals surface area contributed by atoms with E-state index in [1.807, 2.05) is 12.1 Å². The highest BCUT2D eigenvalue weighted by molar-refractivity contribution is 6.25. The first-order valence-electron chi connectivity index (χ1n) is 21.7. The van der Waals surface area contributed by atoms with Gasteiger partial charge in [0.25, 0.3) is 0 Å². The number of phenolic OH excluding ortho intramolecular Hbond substituents is 1. The van der Waals surface area contributed by atoms with Crippen molar-refractivity contribution in [3.8, 4) is 40.3 Å². The van der Waals surface area contributed by atoms with E-state index in [-0.39, 0.29) is 11.8 Å². The first-order valence-corrected chi connectivity index (χ1v) is 21.7. The average Bonchev–Trinajstić information content (AvgIpc) is 3.21. The van der Waals surface area contributed by atoms with E-state index in [4.69, 9.17) is 24.4 Å². The second-order valence-electron chi connectivity index (χ2n) is 15.5. The molecule has 0 aliphatic rings. The Morgan fingerprint density at radius 2 is 0.927 bits per heavy atom. The quantitative estimate of drug-likeness (QED) is 0.0440. The Balaban J connectivity index is 1.14. The van der Waals surface area contributed by atoms with E-state index in [2.05, 4.69) is 68.4 Å². The second-order valence-corrected chi connectivity index (χ2v) is 15.5. The number of aromatic hydroxyl groups is 1. The lowest BCUT2D eigenvalue weighted by molar-refractivity contribution is 0.281.